The largest absolute Gasteiger partial charge is 0.494 e. The molecule has 0 radical (unpaired) electrons. The minimum absolute atomic E-state index is 0.0357. The van der Waals surface area contributed by atoms with Gasteiger partial charge in [-0.1, -0.05) is 37.1 Å². The highest BCUT2D eigenvalue weighted by Gasteiger charge is 2.43. The number of anilines is 1. The summed E-state index contributed by atoms with van der Waals surface area (Å²) in [6, 6.07) is 16.8. The number of unbranched alkanes of at least 4 members (excludes halogenated alkanes) is 1. The van der Waals surface area contributed by atoms with E-state index < -0.39 is 17.8 Å². The standard InChI is InChI=1S/C27H21ClFNO4/c1-2-3-13-33-20-6-4-5-16(14-20)24-23-25(31)21-15-17(28)7-12-22(21)34-26(23)27(32)30(24)19-10-8-18(29)9-11-19/h4-12,14-15,24H,2-3,13H2,1H3. The molecule has 1 amide bonds. The van der Waals surface area contributed by atoms with E-state index in [0.717, 1.165) is 12.8 Å². The molecule has 0 N–H and O–H groups in total. The van der Waals surface area contributed by atoms with Gasteiger partial charge in [-0.05, 0) is 66.6 Å². The summed E-state index contributed by atoms with van der Waals surface area (Å²) in [6.07, 6.45) is 1.91. The van der Waals surface area contributed by atoms with Crippen molar-refractivity contribution >= 4 is 34.2 Å². The molecule has 1 aliphatic heterocycles. The van der Waals surface area contributed by atoms with Gasteiger partial charge in [0.25, 0.3) is 5.91 Å². The fraction of sp³-hybridized carbons (Fsp3) is 0.185. The Morgan fingerprint density at radius 1 is 1.06 bits per heavy atom. The van der Waals surface area contributed by atoms with Gasteiger partial charge in [-0.25, -0.2) is 4.39 Å². The van der Waals surface area contributed by atoms with E-state index in [-0.39, 0.29) is 22.3 Å². The summed E-state index contributed by atoms with van der Waals surface area (Å²) in [5, 5.41) is 0.683. The minimum Gasteiger partial charge on any atom is -0.494 e. The number of carbonyl (C=O) groups excluding carboxylic acids is 1. The molecule has 0 saturated carbocycles. The normalized spacial score (nSPS) is 15.1. The third-order valence-corrected chi connectivity index (χ3v) is 6.11. The van der Waals surface area contributed by atoms with Crippen LogP contribution in [0.3, 0.4) is 0 Å². The lowest BCUT2D eigenvalue weighted by Crippen LogP contribution is -2.29. The lowest BCUT2D eigenvalue weighted by atomic mass is 9.98. The van der Waals surface area contributed by atoms with Crippen LogP contribution in [-0.2, 0) is 0 Å². The van der Waals surface area contributed by atoms with Crippen LogP contribution >= 0.6 is 11.6 Å². The summed E-state index contributed by atoms with van der Waals surface area (Å²) in [4.78, 5) is 28.7. The van der Waals surface area contributed by atoms with Crippen molar-refractivity contribution in [1.29, 1.82) is 0 Å². The quantitative estimate of drug-likeness (QED) is 0.297. The van der Waals surface area contributed by atoms with Gasteiger partial charge in [-0.2, -0.15) is 0 Å². The van der Waals surface area contributed by atoms with E-state index in [9.17, 15) is 14.0 Å². The predicted molar refractivity (Wildman–Crippen MR) is 129 cm³/mol. The Morgan fingerprint density at radius 2 is 1.85 bits per heavy atom. The Morgan fingerprint density at radius 3 is 2.62 bits per heavy atom. The number of carbonyl (C=O) groups is 1. The van der Waals surface area contributed by atoms with Gasteiger partial charge in [0, 0.05) is 10.7 Å². The van der Waals surface area contributed by atoms with Crippen LogP contribution in [0, 0.1) is 5.82 Å². The van der Waals surface area contributed by atoms with Gasteiger partial charge in [-0.15, -0.1) is 0 Å². The second-order valence-corrected chi connectivity index (χ2v) is 8.58. The van der Waals surface area contributed by atoms with E-state index in [4.69, 9.17) is 20.8 Å². The van der Waals surface area contributed by atoms with E-state index in [0.29, 0.717) is 34.0 Å². The molecule has 1 aromatic heterocycles. The first-order valence-corrected chi connectivity index (χ1v) is 11.4. The predicted octanol–water partition coefficient (Wildman–Crippen LogP) is 6.51. The van der Waals surface area contributed by atoms with E-state index >= 15 is 0 Å². The molecule has 0 saturated heterocycles. The molecule has 172 valence electrons. The monoisotopic (exact) mass is 477 g/mol. The number of hydrogen-bond donors (Lipinski definition) is 0. The Kier molecular flexibility index (Phi) is 5.84. The van der Waals surface area contributed by atoms with Crippen molar-refractivity contribution < 1.29 is 18.3 Å². The average Bonchev–Trinajstić information content (AvgIpc) is 3.13. The van der Waals surface area contributed by atoms with Crippen molar-refractivity contribution in [1.82, 2.24) is 0 Å². The molecule has 5 nitrogen and oxygen atoms in total. The highest BCUT2D eigenvalue weighted by atomic mass is 35.5. The molecule has 3 aromatic carbocycles. The first-order chi connectivity index (χ1) is 16.5. The summed E-state index contributed by atoms with van der Waals surface area (Å²) >= 11 is 6.13. The van der Waals surface area contributed by atoms with Crippen molar-refractivity contribution in [2.24, 2.45) is 0 Å². The smallest absolute Gasteiger partial charge is 0.295 e. The van der Waals surface area contributed by atoms with Gasteiger partial charge in [0.2, 0.25) is 5.76 Å². The first-order valence-electron chi connectivity index (χ1n) is 11.1. The zero-order valence-electron chi connectivity index (χ0n) is 18.4. The lowest BCUT2D eigenvalue weighted by Gasteiger charge is -2.25. The molecule has 0 bridgehead atoms. The Bertz CT molecular complexity index is 1450. The molecule has 4 aromatic rings. The Labute approximate surface area is 200 Å². The summed E-state index contributed by atoms with van der Waals surface area (Å²) < 4.78 is 25.4. The third-order valence-electron chi connectivity index (χ3n) is 5.88. The van der Waals surface area contributed by atoms with Crippen molar-refractivity contribution in [2.45, 2.75) is 25.8 Å². The van der Waals surface area contributed by atoms with Gasteiger partial charge in [0.1, 0.15) is 17.1 Å². The molecule has 0 spiro atoms. The number of hydrogen-bond acceptors (Lipinski definition) is 4. The molecular formula is C27H21ClFNO4. The second-order valence-electron chi connectivity index (χ2n) is 8.14. The van der Waals surface area contributed by atoms with Crippen LogP contribution in [0.15, 0.2) is 75.9 Å². The average molecular weight is 478 g/mol. The lowest BCUT2D eigenvalue weighted by molar-refractivity contribution is 0.0971. The molecule has 1 unspecified atom stereocenters. The fourth-order valence-electron chi connectivity index (χ4n) is 4.24. The zero-order valence-corrected chi connectivity index (χ0v) is 19.1. The van der Waals surface area contributed by atoms with Gasteiger partial charge < -0.3 is 9.15 Å². The highest BCUT2D eigenvalue weighted by Crippen LogP contribution is 2.42. The molecule has 0 fully saturated rings. The molecular weight excluding hydrogens is 457 g/mol. The molecule has 5 rings (SSSR count). The van der Waals surface area contributed by atoms with Crippen LogP contribution in [-0.4, -0.2) is 12.5 Å². The van der Waals surface area contributed by atoms with Gasteiger partial charge in [0.15, 0.2) is 5.43 Å². The van der Waals surface area contributed by atoms with E-state index in [1.165, 1.54) is 35.2 Å². The van der Waals surface area contributed by atoms with Crippen molar-refractivity contribution in [3.63, 3.8) is 0 Å². The molecule has 0 aliphatic carbocycles. The SMILES string of the molecule is CCCCOc1cccc(C2c3c(oc4ccc(Cl)cc4c3=O)C(=O)N2c2ccc(F)cc2)c1. The number of benzene rings is 3. The second kappa shape index (κ2) is 8.95. The molecule has 7 heteroatoms. The molecule has 1 atom stereocenters. The van der Waals surface area contributed by atoms with Crippen molar-refractivity contribution in [3.05, 3.63) is 105 Å². The number of nitrogens with zero attached hydrogens (tertiary/aromatic N) is 1. The maximum atomic E-state index is 13.6. The summed E-state index contributed by atoms with van der Waals surface area (Å²) in [6.45, 7) is 2.64. The van der Waals surface area contributed by atoms with Crippen LogP contribution in [0.1, 0.15) is 47.5 Å². The Balaban J connectivity index is 1.71. The molecule has 1 aliphatic rings. The number of halogens is 2. The molecule has 2 heterocycles. The maximum absolute atomic E-state index is 13.6. The summed E-state index contributed by atoms with van der Waals surface area (Å²) in [5.41, 5.74) is 1.28. The maximum Gasteiger partial charge on any atom is 0.295 e. The molecule has 34 heavy (non-hydrogen) atoms. The fourth-order valence-corrected chi connectivity index (χ4v) is 4.41. The Hall–Kier alpha value is -3.64. The van der Waals surface area contributed by atoms with E-state index in [2.05, 4.69) is 6.92 Å². The van der Waals surface area contributed by atoms with E-state index in [1.54, 1.807) is 12.1 Å². The highest BCUT2D eigenvalue weighted by molar-refractivity contribution is 6.31. The summed E-state index contributed by atoms with van der Waals surface area (Å²) in [5.74, 6) is -0.297. The van der Waals surface area contributed by atoms with Gasteiger partial charge in [-0.3, -0.25) is 14.5 Å². The van der Waals surface area contributed by atoms with Crippen molar-refractivity contribution in [2.75, 3.05) is 11.5 Å². The van der Waals surface area contributed by atoms with Crippen LogP contribution < -0.4 is 15.1 Å². The number of fused-ring (bicyclic) bond motifs is 2. The number of rotatable bonds is 6. The van der Waals surface area contributed by atoms with Crippen LogP contribution in [0.2, 0.25) is 5.02 Å². The number of amides is 1. The first kappa shape index (κ1) is 22.2. The van der Waals surface area contributed by atoms with Crippen LogP contribution in [0.4, 0.5) is 10.1 Å². The van der Waals surface area contributed by atoms with E-state index in [1.807, 2.05) is 24.3 Å². The van der Waals surface area contributed by atoms with Gasteiger partial charge >= 0.3 is 0 Å². The van der Waals surface area contributed by atoms with Gasteiger partial charge in [0.05, 0.1) is 23.6 Å². The topological polar surface area (TPSA) is 59.8 Å². The third kappa shape index (κ3) is 3.84. The minimum atomic E-state index is -0.776. The van der Waals surface area contributed by atoms with Crippen LogP contribution in [0.5, 0.6) is 5.75 Å². The van der Waals surface area contributed by atoms with Crippen molar-refractivity contribution in [3.8, 4) is 5.75 Å². The number of ether oxygens (including phenoxy) is 1. The summed E-state index contributed by atoms with van der Waals surface area (Å²) in [7, 11) is 0. The van der Waals surface area contributed by atoms with Crippen LogP contribution in [0.25, 0.3) is 11.0 Å². The zero-order chi connectivity index (χ0) is 23.8.